The highest BCUT2D eigenvalue weighted by atomic mass is 32.2. The number of nitrogens with one attached hydrogen (secondary N) is 1. The monoisotopic (exact) mass is 342 g/mol. The Balaban J connectivity index is 2.26. The number of sulfonamides is 1. The second kappa shape index (κ2) is 7.50. The van der Waals surface area contributed by atoms with E-state index in [1.165, 1.54) is 0 Å². The lowest BCUT2D eigenvalue weighted by molar-refractivity contribution is 0.600. The second-order valence-corrected chi connectivity index (χ2v) is 7.76. The van der Waals surface area contributed by atoms with Gasteiger partial charge in [-0.3, -0.25) is 4.72 Å². The highest BCUT2D eigenvalue weighted by molar-refractivity contribution is 7.91. The van der Waals surface area contributed by atoms with Crippen molar-refractivity contribution in [2.45, 2.75) is 39.4 Å². The van der Waals surface area contributed by atoms with Crippen LogP contribution in [0, 0.1) is 25.2 Å². The molecular weight excluding hydrogens is 320 g/mol. The van der Waals surface area contributed by atoms with Gasteiger partial charge in [0.1, 0.15) is 0 Å². The third-order valence-corrected chi connectivity index (χ3v) is 5.06. The average molecular weight is 342 g/mol. The Morgan fingerprint density at radius 2 is 1.79 bits per heavy atom. The van der Waals surface area contributed by atoms with E-state index in [1.54, 1.807) is 12.1 Å². The van der Waals surface area contributed by atoms with Gasteiger partial charge in [-0.2, -0.15) is 5.26 Å². The van der Waals surface area contributed by atoms with Gasteiger partial charge in [-0.25, -0.2) is 8.42 Å². The van der Waals surface area contributed by atoms with E-state index in [0.29, 0.717) is 11.3 Å². The molecule has 0 aliphatic carbocycles. The highest BCUT2D eigenvalue weighted by Crippen LogP contribution is 2.23. The van der Waals surface area contributed by atoms with Gasteiger partial charge in [0.25, 0.3) is 0 Å². The van der Waals surface area contributed by atoms with Gasteiger partial charge in [-0.05, 0) is 49.1 Å². The molecule has 0 saturated carbocycles. The smallest absolute Gasteiger partial charge is 0.236 e. The third-order valence-electron chi connectivity index (χ3n) is 3.80. The molecule has 2 aromatic carbocycles. The summed E-state index contributed by atoms with van der Waals surface area (Å²) in [6, 6.07) is 13.1. The van der Waals surface area contributed by atoms with Gasteiger partial charge in [0, 0.05) is 5.69 Å². The summed E-state index contributed by atoms with van der Waals surface area (Å²) >= 11 is 0. The van der Waals surface area contributed by atoms with Crippen LogP contribution in [0.2, 0.25) is 0 Å². The van der Waals surface area contributed by atoms with Crippen molar-refractivity contribution >= 4 is 15.7 Å². The van der Waals surface area contributed by atoms with Gasteiger partial charge >= 0.3 is 0 Å². The highest BCUT2D eigenvalue weighted by Gasteiger charge is 2.14. The molecule has 2 aromatic rings. The van der Waals surface area contributed by atoms with E-state index in [9.17, 15) is 13.7 Å². The Bertz CT molecular complexity index is 863. The molecule has 4 nitrogen and oxygen atoms in total. The molecule has 0 fully saturated rings. The van der Waals surface area contributed by atoms with Crippen LogP contribution in [0.15, 0.2) is 36.4 Å². The normalized spacial score (nSPS) is 11.1. The molecular formula is C19H22N2O2S. The summed E-state index contributed by atoms with van der Waals surface area (Å²) in [5.41, 5.74) is 4.66. The van der Waals surface area contributed by atoms with E-state index in [4.69, 9.17) is 0 Å². The summed E-state index contributed by atoms with van der Waals surface area (Å²) in [4.78, 5) is 0. The maximum absolute atomic E-state index is 12.4. The van der Waals surface area contributed by atoms with Crippen LogP contribution in [0.3, 0.4) is 0 Å². The van der Waals surface area contributed by atoms with E-state index < -0.39 is 10.0 Å². The zero-order valence-corrected chi connectivity index (χ0v) is 15.1. The molecule has 0 saturated heterocycles. The number of rotatable bonds is 6. The Kier molecular flexibility index (Phi) is 5.63. The minimum absolute atomic E-state index is 0.0740. The molecule has 0 spiro atoms. The first-order valence-corrected chi connectivity index (χ1v) is 9.59. The SMILES string of the molecule is CCCc1cc(NS(=O)(=O)Cc2ccc(C)cc2)cc(C)c1C#N. The maximum Gasteiger partial charge on any atom is 0.236 e. The average Bonchev–Trinajstić information content (AvgIpc) is 2.49. The molecule has 0 aliphatic heterocycles. The lowest BCUT2D eigenvalue weighted by atomic mass is 9.99. The summed E-state index contributed by atoms with van der Waals surface area (Å²) in [7, 11) is -3.50. The molecule has 24 heavy (non-hydrogen) atoms. The molecule has 0 bridgehead atoms. The molecule has 5 heteroatoms. The van der Waals surface area contributed by atoms with Gasteiger partial charge in [-0.15, -0.1) is 0 Å². The number of nitrogens with zero attached hydrogens (tertiary/aromatic N) is 1. The first-order chi connectivity index (χ1) is 11.3. The van der Waals surface area contributed by atoms with Crippen LogP contribution in [0.1, 0.15) is 41.2 Å². The van der Waals surface area contributed by atoms with Gasteiger partial charge in [0.2, 0.25) is 10.0 Å². The molecule has 126 valence electrons. The first-order valence-electron chi connectivity index (χ1n) is 7.94. The van der Waals surface area contributed by atoms with E-state index in [2.05, 4.69) is 10.8 Å². The van der Waals surface area contributed by atoms with Crippen molar-refractivity contribution in [1.82, 2.24) is 0 Å². The zero-order chi connectivity index (χ0) is 17.7. The number of anilines is 1. The number of hydrogen-bond acceptors (Lipinski definition) is 3. The standard InChI is InChI=1S/C19H22N2O2S/c1-4-5-17-11-18(10-15(3)19(17)12-20)21-24(22,23)13-16-8-6-14(2)7-9-16/h6-11,21H,4-5,13H2,1-3H3. The lowest BCUT2D eigenvalue weighted by Gasteiger charge is -2.13. The van der Waals surface area contributed by atoms with Crippen LogP contribution < -0.4 is 4.72 Å². The Labute approximate surface area is 144 Å². The molecule has 0 radical (unpaired) electrons. The van der Waals surface area contributed by atoms with Crippen LogP contribution >= 0.6 is 0 Å². The van der Waals surface area contributed by atoms with Gasteiger partial charge in [0.05, 0.1) is 17.4 Å². The molecule has 0 unspecified atom stereocenters. The summed E-state index contributed by atoms with van der Waals surface area (Å²) in [5, 5.41) is 9.28. The summed E-state index contributed by atoms with van der Waals surface area (Å²) in [5.74, 6) is -0.0740. The number of hydrogen-bond donors (Lipinski definition) is 1. The van der Waals surface area contributed by atoms with Crippen LogP contribution in [0.5, 0.6) is 0 Å². The van der Waals surface area contributed by atoms with Crippen molar-refractivity contribution < 1.29 is 8.42 Å². The van der Waals surface area contributed by atoms with Crippen molar-refractivity contribution in [2.24, 2.45) is 0 Å². The van der Waals surface area contributed by atoms with Crippen LogP contribution in [-0.4, -0.2) is 8.42 Å². The number of nitriles is 1. The summed E-state index contributed by atoms with van der Waals surface area (Å²) < 4.78 is 27.5. The molecule has 0 heterocycles. The largest absolute Gasteiger partial charge is 0.283 e. The molecule has 2 rings (SSSR count). The topological polar surface area (TPSA) is 70.0 Å². The Morgan fingerprint density at radius 1 is 1.12 bits per heavy atom. The fourth-order valence-corrected chi connectivity index (χ4v) is 3.85. The fraction of sp³-hybridized carbons (Fsp3) is 0.316. The molecule has 0 aromatic heterocycles. The van der Waals surface area contributed by atoms with Crippen LogP contribution in [0.25, 0.3) is 0 Å². The van der Waals surface area contributed by atoms with Crippen molar-refractivity contribution in [3.05, 3.63) is 64.2 Å². The molecule has 1 N–H and O–H groups in total. The number of benzene rings is 2. The predicted octanol–water partition coefficient (Wildman–Crippen LogP) is 4.07. The lowest BCUT2D eigenvalue weighted by Crippen LogP contribution is -2.15. The zero-order valence-electron chi connectivity index (χ0n) is 14.3. The van der Waals surface area contributed by atoms with Gasteiger partial charge in [0.15, 0.2) is 0 Å². The Hall–Kier alpha value is -2.32. The van der Waals surface area contributed by atoms with E-state index in [1.807, 2.05) is 45.0 Å². The first kappa shape index (κ1) is 18.0. The maximum atomic E-state index is 12.4. The van der Waals surface area contributed by atoms with Crippen molar-refractivity contribution in [3.8, 4) is 6.07 Å². The van der Waals surface area contributed by atoms with Gasteiger partial charge < -0.3 is 0 Å². The third kappa shape index (κ3) is 4.59. The van der Waals surface area contributed by atoms with Crippen LogP contribution in [0.4, 0.5) is 5.69 Å². The molecule has 0 atom stereocenters. The molecule has 0 amide bonds. The van der Waals surface area contributed by atoms with Crippen LogP contribution in [-0.2, 0) is 22.2 Å². The minimum Gasteiger partial charge on any atom is -0.283 e. The van der Waals surface area contributed by atoms with Gasteiger partial charge in [-0.1, -0.05) is 43.2 Å². The minimum atomic E-state index is -3.50. The van der Waals surface area contributed by atoms with E-state index in [0.717, 1.165) is 35.1 Å². The fourth-order valence-electron chi connectivity index (χ4n) is 2.66. The van der Waals surface area contributed by atoms with Crippen molar-refractivity contribution in [3.63, 3.8) is 0 Å². The van der Waals surface area contributed by atoms with E-state index >= 15 is 0 Å². The Morgan fingerprint density at radius 3 is 2.38 bits per heavy atom. The quantitative estimate of drug-likeness (QED) is 0.860. The summed E-state index contributed by atoms with van der Waals surface area (Å²) in [6.45, 7) is 5.82. The second-order valence-electron chi connectivity index (χ2n) is 6.04. The predicted molar refractivity (Wildman–Crippen MR) is 97.3 cm³/mol. The van der Waals surface area contributed by atoms with E-state index in [-0.39, 0.29) is 5.75 Å². The number of aryl methyl sites for hydroxylation is 3. The summed E-state index contributed by atoms with van der Waals surface area (Å²) in [6.07, 6.45) is 1.64. The van der Waals surface area contributed by atoms with Crippen molar-refractivity contribution in [2.75, 3.05) is 4.72 Å². The van der Waals surface area contributed by atoms with Crippen molar-refractivity contribution in [1.29, 1.82) is 5.26 Å². The molecule has 0 aliphatic rings.